The van der Waals surface area contributed by atoms with E-state index in [4.69, 9.17) is 0 Å². The summed E-state index contributed by atoms with van der Waals surface area (Å²) < 4.78 is 0. The minimum absolute atomic E-state index is 0.147. The van der Waals surface area contributed by atoms with Crippen LogP contribution in [0.5, 0.6) is 0 Å². The molecule has 3 N–H and O–H groups in total. The number of amides is 1. The topological polar surface area (TPSA) is 82.6 Å². The first-order chi connectivity index (χ1) is 25.6. The quantitative estimate of drug-likeness (QED) is 0.113. The minimum Gasteiger partial charge on any atom is -0.366 e. The SMILES string of the molecule is CC.CC(C)(C)C1=CC=C(C=O)CS1.CC/C(=C\CNC(=NC)c1ccc(CCC(=O)NCC2CCNC2)cc1)C1=CCC(C2CCC(C)CC2)CC1. The Balaban J connectivity index is 0.000000455. The number of nitrogens with one attached hydrogen (secondary N) is 3. The second-order valence-electron chi connectivity index (χ2n) is 16.1. The van der Waals surface area contributed by atoms with E-state index < -0.39 is 0 Å². The highest BCUT2D eigenvalue weighted by Gasteiger charge is 2.27. The van der Waals surface area contributed by atoms with Crippen molar-refractivity contribution in [2.75, 3.05) is 39.0 Å². The summed E-state index contributed by atoms with van der Waals surface area (Å²) in [5.74, 6) is 5.28. The number of hydrogen-bond donors (Lipinski definition) is 3. The van der Waals surface area contributed by atoms with Crippen molar-refractivity contribution in [1.29, 1.82) is 0 Å². The third-order valence-electron chi connectivity index (χ3n) is 11.2. The molecule has 1 aromatic carbocycles. The molecule has 0 spiro atoms. The summed E-state index contributed by atoms with van der Waals surface area (Å²) in [5, 5.41) is 9.99. The van der Waals surface area contributed by atoms with Crippen LogP contribution in [0.15, 0.2) is 75.2 Å². The first-order valence-corrected chi connectivity index (χ1v) is 21.7. The second kappa shape index (κ2) is 23.8. The van der Waals surface area contributed by atoms with Crippen molar-refractivity contribution in [3.8, 4) is 0 Å². The molecule has 7 heteroatoms. The van der Waals surface area contributed by atoms with Crippen LogP contribution < -0.4 is 16.0 Å². The maximum Gasteiger partial charge on any atom is 0.220 e. The Morgan fingerprint density at radius 3 is 2.28 bits per heavy atom. The Morgan fingerprint density at radius 1 is 1.00 bits per heavy atom. The van der Waals surface area contributed by atoms with Crippen LogP contribution >= 0.6 is 11.8 Å². The van der Waals surface area contributed by atoms with Crippen LogP contribution in [0, 0.1) is 29.1 Å². The average Bonchev–Trinajstić information content (AvgIpc) is 3.72. The fourth-order valence-corrected chi connectivity index (χ4v) is 8.80. The number of thioether (sulfide) groups is 1. The molecule has 0 aromatic heterocycles. The molecular formula is C46H72N4O2S. The van der Waals surface area contributed by atoms with E-state index in [1.54, 1.807) is 17.3 Å². The highest BCUT2D eigenvalue weighted by molar-refractivity contribution is 8.03. The number of carbonyl (C=O) groups excluding carboxylic acids is 2. The molecule has 5 rings (SSSR count). The van der Waals surface area contributed by atoms with Crippen molar-refractivity contribution in [1.82, 2.24) is 16.0 Å². The molecular weight excluding hydrogens is 673 g/mol. The lowest BCUT2D eigenvalue weighted by Gasteiger charge is -2.34. The van der Waals surface area contributed by atoms with Crippen LogP contribution in [0.4, 0.5) is 0 Å². The number of amidine groups is 1. The van der Waals surface area contributed by atoms with Crippen molar-refractivity contribution in [3.63, 3.8) is 0 Å². The largest absolute Gasteiger partial charge is 0.366 e. The zero-order valence-electron chi connectivity index (χ0n) is 34.5. The minimum atomic E-state index is 0.147. The molecule has 294 valence electrons. The van der Waals surface area contributed by atoms with Gasteiger partial charge in [-0.15, -0.1) is 11.8 Å². The monoisotopic (exact) mass is 745 g/mol. The molecule has 6 nitrogen and oxygen atoms in total. The summed E-state index contributed by atoms with van der Waals surface area (Å²) in [4.78, 5) is 28.5. The summed E-state index contributed by atoms with van der Waals surface area (Å²) in [6.07, 6.45) is 23.0. The molecule has 1 saturated heterocycles. The van der Waals surface area contributed by atoms with E-state index in [1.807, 2.05) is 27.0 Å². The van der Waals surface area contributed by atoms with E-state index in [-0.39, 0.29) is 11.3 Å². The molecule has 2 fully saturated rings. The summed E-state index contributed by atoms with van der Waals surface area (Å²) >= 11 is 1.76. The van der Waals surface area contributed by atoms with Gasteiger partial charge in [-0.2, -0.15) is 0 Å². The van der Waals surface area contributed by atoms with Crippen molar-refractivity contribution < 1.29 is 9.59 Å². The summed E-state index contributed by atoms with van der Waals surface area (Å²) in [5.41, 5.74) is 6.44. The fourth-order valence-electron chi connectivity index (χ4n) is 7.72. The Bertz CT molecular complexity index is 1420. The zero-order chi connectivity index (χ0) is 38.6. The van der Waals surface area contributed by atoms with E-state index in [9.17, 15) is 9.59 Å². The lowest BCUT2D eigenvalue weighted by molar-refractivity contribution is -0.121. The second-order valence-corrected chi connectivity index (χ2v) is 17.1. The lowest BCUT2D eigenvalue weighted by Crippen LogP contribution is -2.30. The van der Waals surface area contributed by atoms with Gasteiger partial charge in [0.1, 0.15) is 12.1 Å². The third-order valence-corrected chi connectivity index (χ3v) is 12.7. The third kappa shape index (κ3) is 15.4. The molecule has 2 heterocycles. The van der Waals surface area contributed by atoms with Crippen molar-refractivity contribution >= 4 is 29.8 Å². The number of benzene rings is 1. The van der Waals surface area contributed by atoms with E-state index in [1.165, 1.54) is 61.0 Å². The van der Waals surface area contributed by atoms with Gasteiger partial charge in [0.05, 0.1) is 0 Å². The van der Waals surface area contributed by atoms with Gasteiger partial charge in [-0.25, -0.2) is 0 Å². The van der Waals surface area contributed by atoms with Gasteiger partial charge in [0, 0.05) is 43.4 Å². The molecule has 0 bridgehead atoms. The summed E-state index contributed by atoms with van der Waals surface area (Å²) in [6, 6.07) is 8.49. The number of nitrogens with zero attached hydrogens (tertiary/aromatic N) is 1. The maximum atomic E-state index is 12.2. The number of aldehydes is 1. The van der Waals surface area contributed by atoms with Crippen LogP contribution in [0.2, 0.25) is 0 Å². The van der Waals surface area contributed by atoms with Gasteiger partial charge in [0.25, 0.3) is 0 Å². The molecule has 2 atom stereocenters. The Morgan fingerprint density at radius 2 is 1.74 bits per heavy atom. The maximum absolute atomic E-state index is 12.2. The molecule has 2 aliphatic carbocycles. The van der Waals surface area contributed by atoms with E-state index in [2.05, 4.69) is 98.1 Å². The van der Waals surface area contributed by atoms with Crippen LogP contribution in [0.3, 0.4) is 0 Å². The fraction of sp³-hybridized carbons (Fsp3) is 0.630. The standard InChI is InChI=1S/C34H52N4O.C10H14OS.C2H6/c1-4-28(29-14-16-31(17-15-29)30-10-5-25(2)6-11-30)20-22-37-34(35-3)32-12-7-26(8-13-32)9-18-33(39)38-24-27-19-21-36-23-27;1-10(2,3)9-5-4-8(6-11)7-12-9;1-2/h7-8,12-14,20,25,27,30-31,36H,4-6,9-11,15-19,21-24H2,1-3H3,(H,35,37)(H,38,39);4-6H,7H2,1-3H3;1-2H3/b28-20+;;. The van der Waals surface area contributed by atoms with Crippen LogP contribution in [-0.4, -0.2) is 57.0 Å². The Labute approximate surface area is 327 Å². The van der Waals surface area contributed by atoms with Gasteiger partial charge in [0.15, 0.2) is 0 Å². The lowest BCUT2D eigenvalue weighted by atomic mass is 9.71. The summed E-state index contributed by atoms with van der Waals surface area (Å²) in [7, 11) is 1.85. The number of rotatable bonds is 12. The number of allylic oxidation sites excluding steroid dienone is 6. The van der Waals surface area contributed by atoms with Gasteiger partial charge in [-0.3, -0.25) is 14.6 Å². The van der Waals surface area contributed by atoms with Crippen LogP contribution in [0.25, 0.3) is 0 Å². The molecule has 2 aliphatic heterocycles. The van der Waals surface area contributed by atoms with Gasteiger partial charge in [0.2, 0.25) is 5.91 Å². The van der Waals surface area contributed by atoms with Crippen molar-refractivity contribution in [2.45, 2.75) is 119 Å². The molecule has 2 unspecified atom stereocenters. The predicted molar refractivity (Wildman–Crippen MR) is 230 cm³/mol. The molecule has 1 aromatic rings. The van der Waals surface area contributed by atoms with Crippen LogP contribution in [-0.2, 0) is 16.0 Å². The number of hydrogen-bond acceptors (Lipinski definition) is 5. The molecule has 1 saturated carbocycles. The van der Waals surface area contributed by atoms with Crippen LogP contribution in [0.1, 0.15) is 124 Å². The number of aryl methyl sites for hydroxylation is 1. The smallest absolute Gasteiger partial charge is 0.220 e. The number of aliphatic imine (C=N–C) groups is 1. The Hall–Kier alpha value is -2.90. The predicted octanol–water partition coefficient (Wildman–Crippen LogP) is 10.0. The van der Waals surface area contributed by atoms with Crippen molar-refractivity contribution in [3.05, 3.63) is 81.3 Å². The highest BCUT2D eigenvalue weighted by atomic mass is 32.2. The van der Waals surface area contributed by atoms with Gasteiger partial charge in [-0.1, -0.05) is 110 Å². The van der Waals surface area contributed by atoms with Gasteiger partial charge in [-0.05, 0) is 115 Å². The van der Waals surface area contributed by atoms with E-state index in [0.29, 0.717) is 12.3 Å². The van der Waals surface area contributed by atoms with Crippen molar-refractivity contribution in [2.24, 2.45) is 34.1 Å². The first kappa shape index (κ1) is 44.5. The highest BCUT2D eigenvalue weighted by Crippen LogP contribution is 2.41. The van der Waals surface area contributed by atoms with E-state index in [0.717, 1.165) is 92.2 Å². The summed E-state index contributed by atoms with van der Waals surface area (Å²) in [6.45, 7) is 18.9. The van der Waals surface area contributed by atoms with Gasteiger partial charge >= 0.3 is 0 Å². The van der Waals surface area contributed by atoms with E-state index >= 15 is 0 Å². The molecule has 1 amide bonds. The number of carbonyl (C=O) groups is 2. The molecule has 4 aliphatic rings. The average molecular weight is 745 g/mol. The molecule has 53 heavy (non-hydrogen) atoms. The zero-order valence-corrected chi connectivity index (χ0v) is 35.3. The Kier molecular flexibility index (Phi) is 20.0. The van der Waals surface area contributed by atoms with Gasteiger partial charge < -0.3 is 16.0 Å². The molecule has 0 radical (unpaired) electrons. The normalized spacial score (nSPS) is 23.6. The first-order valence-electron chi connectivity index (χ1n) is 20.7.